The van der Waals surface area contributed by atoms with Gasteiger partial charge in [-0.05, 0) is 53.5 Å². The van der Waals surface area contributed by atoms with Gasteiger partial charge in [0.1, 0.15) is 6.61 Å². The first-order chi connectivity index (χ1) is 19.4. The molecule has 0 unspecified atom stereocenters. The number of esters is 1. The van der Waals surface area contributed by atoms with E-state index in [2.05, 4.69) is 0 Å². The molecule has 1 aliphatic carbocycles. The number of cyclic esters (lactones) is 1. The van der Waals surface area contributed by atoms with E-state index in [0.717, 1.165) is 11.1 Å². The van der Waals surface area contributed by atoms with E-state index in [1.807, 2.05) is 6.07 Å². The van der Waals surface area contributed by atoms with E-state index >= 15 is 0 Å². The molecule has 1 saturated heterocycles. The minimum Gasteiger partial charge on any atom is -0.493 e. The molecular formula is C29H25NO10. The number of fused-ring (bicyclic) bond motifs is 5. The van der Waals surface area contributed by atoms with Crippen LogP contribution < -0.4 is 28.4 Å². The number of nitrogens with zero attached hydrogens (tertiary/aromatic N) is 1. The molecule has 2 heterocycles. The second-order valence-corrected chi connectivity index (χ2v) is 9.39. The fraction of sp³-hybridized carbons (Fsp3) is 0.276. The summed E-state index contributed by atoms with van der Waals surface area (Å²) in [6.07, 6.45) is 2.29. The molecule has 0 bridgehead atoms. The first-order valence-corrected chi connectivity index (χ1v) is 12.5. The first kappa shape index (κ1) is 25.4. The highest BCUT2D eigenvalue weighted by Crippen LogP contribution is 2.57. The topological polar surface area (TPSA) is 125 Å². The highest BCUT2D eigenvalue weighted by Gasteiger charge is 2.38. The lowest BCUT2D eigenvalue weighted by Crippen LogP contribution is -2.12. The average molecular weight is 548 g/mol. The zero-order chi connectivity index (χ0) is 28.0. The largest absolute Gasteiger partial charge is 0.493 e. The molecule has 206 valence electrons. The zero-order valence-electron chi connectivity index (χ0n) is 22.0. The molecule has 40 heavy (non-hydrogen) atoms. The van der Waals surface area contributed by atoms with Crippen LogP contribution in [0.2, 0.25) is 0 Å². The highest BCUT2D eigenvalue weighted by molar-refractivity contribution is 6.00. The Bertz CT molecular complexity index is 1560. The van der Waals surface area contributed by atoms with Gasteiger partial charge in [-0.2, -0.15) is 0 Å². The van der Waals surface area contributed by atoms with Crippen LogP contribution >= 0.6 is 0 Å². The molecule has 0 N–H and O–H groups in total. The minimum atomic E-state index is -0.457. The molecule has 1 fully saturated rings. The molecular weight excluding hydrogens is 522 g/mol. The quantitative estimate of drug-likeness (QED) is 0.233. The summed E-state index contributed by atoms with van der Waals surface area (Å²) in [7, 11) is 4.59. The lowest BCUT2D eigenvalue weighted by molar-refractivity contribution is -0.384. The second-order valence-electron chi connectivity index (χ2n) is 9.39. The first-order valence-electron chi connectivity index (χ1n) is 12.5. The van der Waals surface area contributed by atoms with Crippen molar-refractivity contribution in [3.8, 4) is 45.6 Å². The summed E-state index contributed by atoms with van der Waals surface area (Å²) in [5.74, 6) is 2.01. The smallest absolute Gasteiger partial charge is 0.334 e. The lowest BCUT2D eigenvalue weighted by atomic mass is 9.82. The molecule has 11 heteroatoms. The Morgan fingerprint density at radius 3 is 2.42 bits per heavy atom. The summed E-state index contributed by atoms with van der Waals surface area (Å²) < 4.78 is 40.7. The number of benzene rings is 3. The molecule has 0 radical (unpaired) electrons. The number of hydrogen-bond donors (Lipinski definition) is 0. The van der Waals surface area contributed by atoms with Gasteiger partial charge in [-0.15, -0.1) is 0 Å². The van der Waals surface area contributed by atoms with Crippen LogP contribution in [-0.4, -0.2) is 45.6 Å². The van der Waals surface area contributed by atoms with Crippen LogP contribution in [0.1, 0.15) is 16.7 Å². The number of nitro benzene ring substituents is 1. The van der Waals surface area contributed by atoms with Crippen LogP contribution in [0, 0.1) is 16.0 Å². The van der Waals surface area contributed by atoms with Gasteiger partial charge in [0, 0.05) is 34.8 Å². The molecule has 0 spiro atoms. The number of ether oxygens (including phenoxy) is 7. The molecule has 3 aromatic carbocycles. The maximum absolute atomic E-state index is 12.7. The molecule has 6 rings (SSSR count). The number of non-ortho nitro benzene ring substituents is 1. The summed E-state index contributed by atoms with van der Waals surface area (Å²) in [5.41, 5.74) is 4.09. The van der Waals surface area contributed by atoms with E-state index in [4.69, 9.17) is 33.2 Å². The van der Waals surface area contributed by atoms with E-state index < -0.39 is 4.92 Å². The van der Waals surface area contributed by atoms with Gasteiger partial charge in [-0.25, -0.2) is 4.79 Å². The second kappa shape index (κ2) is 9.99. The van der Waals surface area contributed by atoms with Crippen molar-refractivity contribution < 1.29 is 42.9 Å². The molecule has 3 aliphatic rings. The maximum atomic E-state index is 12.7. The van der Waals surface area contributed by atoms with E-state index in [-0.39, 0.29) is 37.6 Å². The molecule has 0 amide bonds. The standard InChI is InChI=1S/C29H25NO10/c1-34-21-10-17-9-20-18(13-38-29(20)31)8-16-11-22-26(40-14-39-22)28(36-3)23(16)24(17)27(35-2)25(21)37-12-15-4-6-19(7-5-15)30(32)33/h4-7,9-11,18H,8,12-14H2,1-3H3/b20-9+/t18-/m1/s1. The number of rotatable bonds is 7. The summed E-state index contributed by atoms with van der Waals surface area (Å²) in [4.78, 5) is 23.3. The van der Waals surface area contributed by atoms with Gasteiger partial charge in [0.25, 0.3) is 5.69 Å². The highest BCUT2D eigenvalue weighted by atomic mass is 16.7. The van der Waals surface area contributed by atoms with Gasteiger partial charge in [-0.3, -0.25) is 10.1 Å². The number of nitro groups is 1. The summed E-state index contributed by atoms with van der Waals surface area (Å²) in [5, 5.41) is 11.0. The Balaban J connectivity index is 1.56. The fourth-order valence-electron chi connectivity index (χ4n) is 5.35. The van der Waals surface area contributed by atoms with Crippen LogP contribution in [0.15, 0.2) is 42.0 Å². The predicted octanol–water partition coefficient (Wildman–Crippen LogP) is 4.71. The Morgan fingerprint density at radius 1 is 0.950 bits per heavy atom. The van der Waals surface area contributed by atoms with Gasteiger partial charge in [0.15, 0.2) is 23.0 Å². The monoisotopic (exact) mass is 547 g/mol. The van der Waals surface area contributed by atoms with Crippen molar-refractivity contribution in [2.24, 2.45) is 5.92 Å². The van der Waals surface area contributed by atoms with Crippen LogP contribution in [0.3, 0.4) is 0 Å². The zero-order valence-corrected chi connectivity index (χ0v) is 22.0. The normalized spacial score (nSPS) is 17.7. The number of methoxy groups -OCH3 is 3. The third-order valence-corrected chi connectivity index (χ3v) is 7.21. The number of carbonyl (C=O) groups excluding carboxylic acids is 1. The summed E-state index contributed by atoms with van der Waals surface area (Å²) in [6.45, 7) is 0.407. The molecule has 2 aliphatic heterocycles. The molecule has 1 atom stereocenters. The van der Waals surface area contributed by atoms with Crippen LogP contribution in [0.25, 0.3) is 17.2 Å². The van der Waals surface area contributed by atoms with Crippen molar-refractivity contribution in [3.63, 3.8) is 0 Å². The van der Waals surface area contributed by atoms with Crippen LogP contribution in [0.5, 0.6) is 34.5 Å². The van der Waals surface area contributed by atoms with Crippen LogP contribution in [-0.2, 0) is 22.6 Å². The van der Waals surface area contributed by atoms with E-state index in [1.165, 1.54) is 26.4 Å². The van der Waals surface area contributed by atoms with Crippen molar-refractivity contribution in [1.82, 2.24) is 0 Å². The number of hydrogen-bond acceptors (Lipinski definition) is 10. The predicted molar refractivity (Wildman–Crippen MR) is 141 cm³/mol. The van der Waals surface area contributed by atoms with Gasteiger partial charge in [-0.1, -0.05) is 0 Å². The molecule has 0 aromatic heterocycles. The van der Waals surface area contributed by atoms with Crippen molar-refractivity contribution in [3.05, 3.63) is 68.8 Å². The van der Waals surface area contributed by atoms with Gasteiger partial charge >= 0.3 is 5.97 Å². The van der Waals surface area contributed by atoms with Crippen LogP contribution in [0.4, 0.5) is 5.69 Å². The van der Waals surface area contributed by atoms with Gasteiger partial charge in [0.2, 0.25) is 18.3 Å². The third-order valence-electron chi connectivity index (χ3n) is 7.21. The lowest BCUT2D eigenvalue weighted by Gasteiger charge is -2.25. The number of carbonyl (C=O) groups is 1. The van der Waals surface area contributed by atoms with E-state index in [0.29, 0.717) is 63.2 Å². The average Bonchev–Trinajstić information content (AvgIpc) is 3.56. The van der Waals surface area contributed by atoms with Gasteiger partial charge < -0.3 is 33.2 Å². The Kier molecular flexibility index (Phi) is 6.33. The summed E-state index contributed by atoms with van der Waals surface area (Å²) >= 11 is 0. The van der Waals surface area contributed by atoms with Crippen molar-refractivity contribution in [2.45, 2.75) is 13.0 Å². The molecule has 11 nitrogen and oxygen atoms in total. The van der Waals surface area contributed by atoms with Gasteiger partial charge in [0.05, 0.1) is 32.9 Å². The van der Waals surface area contributed by atoms with Crippen molar-refractivity contribution >= 4 is 17.7 Å². The fourth-order valence-corrected chi connectivity index (χ4v) is 5.35. The van der Waals surface area contributed by atoms with E-state index in [1.54, 1.807) is 31.4 Å². The SMILES string of the molecule is COc1cc2c(c(OC)c1OCc1ccc([N+](=O)[O-])cc1)-c1c(cc3c(c1OC)OCO3)C[C@@H]1COC(=O)/C1=C/2. The Morgan fingerprint density at radius 2 is 1.73 bits per heavy atom. The van der Waals surface area contributed by atoms with E-state index in [9.17, 15) is 14.9 Å². The Hall–Kier alpha value is -4.93. The molecule has 3 aromatic rings. The summed E-state index contributed by atoms with van der Waals surface area (Å²) in [6, 6.07) is 9.76. The third kappa shape index (κ3) is 4.10. The molecule has 0 saturated carbocycles. The van der Waals surface area contributed by atoms with Crippen molar-refractivity contribution in [2.75, 3.05) is 34.7 Å². The van der Waals surface area contributed by atoms with Crippen molar-refractivity contribution in [1.29, 1.82) is 0 Å². The minimum absolute atomic E-state index is 0.0146. The Labute approximate surface area is 228 Å². The maximum Gasteiger partial charge on any atom is 0.334 e.